The summed E-state index contributed by atoms with van der Waals surface area (Å²) in [5, 5.41) is 7.29. The highest BCUT2D eigenvalue weighted by molar-refractivity contribution is 5.80. The van der Waals surface area contributed by atoms with Gasteiger partial charge in [0, 0.05) is 49.7 Å². The van der Waals surface area contributed by atoms with E-state index in [1.165, 1.54) is 31.2 Å². The standard InChI is InChI=1S/C24H37N3O3/c1-4-28-13-14-29-20-15-17(2)7-8-18(20)16-26-23(25-3)27-21-19-9-12-30-22(19)24(21)10-5-6-11-24/h7-8,15,19,21-22H,4-6,9-14,16H2,1-3H3,(H2,25,26,27). The number of nitrogens with one attached hydrogen (secondary N) is 2. The molecule has 6 heteroatoms. The molecule has 2 N–H and O–H groups in total. The van der Waals surface area contributed by atoms with Crippen LogP contribution in [0.3, 0.4) is 0 Å². The van der Waals surface area contributed by atoms with E-state index in [2.05, 4.69) is 40.7 Å². The van der Waals surface area contributed by atoms with Crippen molar-refractivity contribution in [2.45, 2.75) is 64.6 Å². The predicted octanol–water partition coefficient (Wildman–Crippen LogP) is 3.42. The first-order valence-corrected chi connectivity index (χ1v) is 11.6. The molecular formula is C24H37N3O3. The molecule has 0 amide bonds. The van der Waals surface area contributed by atoms with Crippen LogP contribution in [0.1, 0.15) is 50.2 Å². The molecule has 0 aromatic heterocycles. The van der Waals surface area contributed by atoms with Crippen LogP contribution in [0.5, 0.6) is 5.75 Å². The smallest absolute Gasteiger partial charge is 0.191 e. The minimum absolute atomic E-state index is 0.316. The average molecular weight is 416 g/mol. The van der Waals surface area contributed by atoms with E-state index in [0.29, 0.717) is 49.8 Å². The molecule has 4 rings (SSSR count). The van der Waals surface area contributed by atoms with E-state index >= 15 is 0 Å². The number of ether oxygens (including phenoxy) is 3. The molecular weight excluding hydrogens is 378 g/mol. The third-order valence-corrected chi connectivity index (χ3v) is 7.16. The summed E-state index contributed by atoms with van der Waals surface area (Å²) in [5.74, 6) is 2.41. The van der Waals surface area contributed by atoms with E-state index in [9.17, 15) is 0 Å². The van der Waals surface area contributed by atoms with Crippen molar-refractivity contribution in [3.05, 3.63) is 29.3 Å². The minimum atomic E-state index is 0.316. The molecule has 1 spiro atoms. The van der Waals surface area contributed by atoms with Crippen LogP contribution in [-0.2, 0) is 16.0 Å². The van der Waals surface area contributed by atoms with Crippen LogP contribution in [0.2, 0.25) is 0 Å². The summed E-state index contributed by atoms with van der Waals surface area (Å²) in [6, 6.07) is 6.83. The van der Waals surface area contributed by atoms with Crippen LogP contribution < -0.4 is 15.4 Å². The number of rotatable bonds is 8. The van der Waals surface area contributed by atoms with Crippen molar-refractivity contribution in [3.8, 4) is 5.75 Å². The van der Waals surface area contributed by atoms with Gasteiger partial charge >= 0.3 is 0 Å². The quantitative estimate of drug-likeness (QED) is 0.387. The van der Waals surface area contributed by atoms with Crippen LogP contribution in [0, 0.1) is 18.3 Å². The number of hydrogen-bond donors (Lipinski definition) is 2. The molecule has 166 valence electrons. The third-order valence-electron chi connectivity index (χ3n) is 7.16. The van der Waals surface area contributed by atoms with Crippen molar-refractivity contribution in [2.24, 2.45) is 16.3 Å². The SMILES string of the molecule is CCOCCOc1cc(C)ccc1CNC(=NC)NC1C2CCOC2C12CCCC2. The van der Waals surface area contributed by atoms with Crippen LogP contribution in [0.15, 0.2) is 23.2 Å². The third kappa shape index (κ3) is 4.17. The number of benzene rings is 1. The summed E-state index contributed by atoms with van der Waals surface area (Å²) < 4.78 is 17.5. The summed E-state index contributed by atoms with van der Waals surface area (Å²) in [5.41, 5.74) is 2.64. The summed E-state index contributed by atoms with van der Waals surface area (Å²) in [6.45, 7) is 7.55. The highest BCUT2D eigenvalue weighted by atomic mass is 16.5. The van der Waals surface area contributed by atoms with Crippen molar-refractivity contribution < 1.29 is 14.2 Å². The lowest BCUT2D eigenvalue weighted by Gasteiger charge is -2.57. The van der Waals surface area contributed by atoms with Gasteiger partial charge in [-0.15, -0.1) is 0 Å². The molecule has 1 aromatic rings. The summed E-state index contributed by atoms with van der Waals surface area (Å²) in [7, 11) is 1.85. The second kappa shape index (κ2) is 9.56. The Hall–Kier alpha value is -1.79. The van der Waals surface area contributed by atoms with Gasteiger partial charge in [0.05, 0.1) is 12.7 Å². The van der Waals surface area contributed by atoms with E-state index in [1.54, 1.807) is 0 Å². The molecule has 6 nitrogen and oxygen atoms in total. The Kier molecular flexibility index (Phi) is 6.84. The van der Waals surface area contributed by atoms with Crippen molar-refractivity contribution in [2.75, 3.05) is 33.5 Å². The number of aliphatic imine (C=N–C) groups is 1. The van der Waals surface area contributed by atoms with Gasteiger partial charge in [0.25, 0.3) is 0 Å². The largest absolute Gasteiger partial charge is 0.491 e. The Bertz CT molecular complexity index is 745. The Morgan fingerprint density at radius 3 is 2.87 bits per heavy atom. The number of fused-ring (bicyclic) bond motifs is 2. The van der Waals surface area contributed by atoms with Gasteiger partial charge in [-0.3, -0.25) is 4.99 Å². The fourth-order valence-corrected chi connectivity index (χ4v) is 5.72. The first-order valence-electron chi connectivity index (χ1n) is 11.6. The lowest BCUT2D eigenvalue weighted by molar-refractivity contribution is -0.125. The second-order valence-corrected chi connectivity index (χ2v) is 8.89. The number of guanidine groups is 1. The topological polar surface area (TPSA) is 64.1 Å². The number of nitrogens with zero attached hydrogens (tertiary/aromatic N) is 1. The molecule has 3 unspecified atom stereocenters. The molecule has 2 aliphatic carbocycles. The summed E-state index contributed by atoms with van der Waals surface area (Å²) in [4.78, 5) is 4.52. The molecule has 1 aromatic carbocycles. The van der Waals surface area contributed by atoms with Gasteiger partial charge in [-0.2, -0.15) is 0 Å². The van der Waals surface area contributed by atoms with Crippen molar-refractivity contribution >= 4 is 5.96 Å². The molecule has 2 saturated carbocycles. The Morgan fingerprint density at radius 1 is 1.27 bits per heavy atom. The summed E-state index contributed by atoms with van der Waals surface area (Å²) in [6.07, 6.45) is 6.82. The van der Waals surface area contributed by atoms with Crippen LogP contribution >= 0.6 is 0 Å². The molecule has 3 aliphatic rings. The van der Waals surface area contributed by atoms with Crippen LogP contribution in [0.4, 0.5) is 0 Å². The minimum Gasteiger partial charge on any atom is -0.491 e. The van der Waals surface area contributed by atoms with Crippen LogP contribution in [0.25, 0.3) is 0 Å². The number of aryl methyl sites for hydroxylation is 1. The highest BCUT2D eigenvalue weighted by Crippen LogP contribution is 2.60. The van der Waals surface area contributed by atoms with Gasteiger partial charge in [-0.05, 0) is 44.7 Å². The van der Waals surface area contributed by atoms with E-state index < -0.39 is 0 Å². The van der Waals surface area contributed by atoms with E-state index in [0.717, 1.165) is 30.3 Å². The van der Waals surface area contributed by atoms with E-state index in [-0.39, 0.29) is 0 Å². The van der Waals surface area contributed by atoms with Gasteiger partial charge in [-0.1, -0.05) is 25.0 Å². The van der Waals surface area contributed by atoms with E-state index in [4.69, 9.17) is 14.2 Å². The number of hydrogen-bond acceptors (Lipinski definition) is 4. The highest BCUT2D eigenvalue weighted by Gasteiger charge is 2.65. The van der Waals surface area contributed by atoms with Crippen molar-refractivity contribution in [3.63, 3.8) is 0 Å². The molecule has 1 aliphatic heterocycles. The van der Waals surface area contributed by atoms with Gasteiger partial charge in [-0.25, -0.2) is 0 Å². The van der Waals surface area contributed by atoms with Crippen molar-refractivity contribution in [1.82, 2.24) is 10.6 Å². The fraction of sp³-hybridized carbons (Fsp3) is 0.708. The normalized spacial score (nSPS) is 27.0. The maximum absolute atomic E-state index is 6.12. The zero-order valence-corrected chi connectivity index (χ0v) is 18.7. The Morgan fingerprint density at radius 2 is 2.10 bits per heavy atom. The van der Waals surface area contributed by atoms with Gasteiger partial charge in [0.15, 0.2) is 5.96 Å². The van der Waals surface area contributed by atoms with Gasteiger partial charge in [0.1, 0.15) is 12.4 Å². The molecule has 1 saturated heterocycles. The molecule has 30 heavy (non-hydrogen) atoms. The summed E-state index contributed by atoms with van der Waals surface area (Å²) >= 11 is 0. The Balaban J connectivity index is 1.37. The molecule has 3 atom stereocenters. The first kappa shape index (κ1) is 21.4. The van der Waals surface area contributed by atoms with Crippen molar-refractivity contribution in [1.29, 1.82) is 0 Å². The predicted molar refractivity (Wildman–Crippen MR) is 119 cm³/mol. The lowest BCUT2D eigenvalue weighted by Crippen LogP contribution is -2.69. The molecule has 3 fully saturated rings. The second-order valence-electron chi connectivity index (χ2n) is 8.89. The zero-order valence-electron chi connectivity index (χ0n) is 18.7. The first-order chi connectivity index (χ1) is 14.7. The Labute approximate surface area is 180 Å². The van der Waals surface area contributed by atoms with Gasteiger partial charge < -0.3 is 24.8 Å². The average Bonchev–Trinajstić information content (AvgIpc) is 3.41. The molecule has 0 bridgehead atoms. The maximum atomic E-state index is 6.12. The molecule has 0 radical (unpaired) electrons. The van der Waals surface area contributed by atoms with Gasteiger partial charge in [0.2, 0.25) is 0 Å². The van der Waals surface area contributed by atoms with Crippen LogP contribution in [-0.4, -0.2) is 51.6 Å². The fourth-order valence-electron chi connectivity index (χ4n) is 5.72. The maximum Gasteiger partial charge on any atom is 0.191 e. The monoisotopic (exact) mass is 415 g/mol. The van der Waals surface area contributed by atoms with E-state index in [1.807, 2.05) is 14.0 Å². The molecule has 1 heterocycles. The zero-order chi connectivity index (χ0) is 21.0. The lowest BCUT2D eigenvalue weighted by atomic mass is 9.54.